The lowest BCUT2D eigenvalue weighted by molar-refractivity contribution is 0.255. The van der Waals surface area contributed by atoms with Gasteiger partial charge in [-0.05, 0) is 28.8 Å². The molecule has 0 fully saturated rings. The van der Waals surface area contributed by atoms with Gasteiger partial charge in [0.1, 0.15) is 5.82 Å². The number of benzene rings is 1. The highest BCUT2D eigenvalue weighted by molar-refractivity contribution is 6.76. The van der Waals surface area contributed by atoms with Gasteiger partial charge in [-0.2, -0.15) is 0 Å². The molecule has 0 unspecified atom stereocenters. The lowest BCUT2D eigenvalue weighted by atomic mass is 10.1. The van der Waals surface area contributed by atoms with E-state index < -0.39 is 8.32 Å². The summed E-state index contributed by atoms with van der Waals surface area (Å²) in [6, 6.07) is 6.36. The maximum Gasteiger partial charge on any atom is 0.202 e. The van der Waals surface area contributed by atoms with Crippen LogP contribution >= 0.6 is 0 Å². The fraction of sp³-hybridized carbons (Fsp3) is 0.571. The highest BCUT2D eigenvalue weighted by Crippen LogP contribution is 2.40. The smallest absolute Gasteiger partial charge is 0.202 e. The van der Waals surface area contributed by atoms with Crippen LogP contribution in [0, 0.1) is 5.82 Å². The Bertz CT molecular complexity index is 407. The molecule has 2 rings (SSSR count). The predicted molar refractivity (Wildman–Crippen MR) is 70.8 cm³/mol. The van der Waals surface area contributed by atoms with Crippen LogP contribution in [-0.2, 0) is 17.1 Å². The first-order valence-corrected chi connectivity index (χ1v) is 8.64. The summed E-state index contributed by atoms with van der Waals surface area (Å²) in [6.07, 6.45) is 0. The van der Waals surface area contributed by atoms with E-state index in [0.29, 0.717) is 17.7 Å². The average Bonchev–Trinajstić information content (AvgIpc) is 2.28. The molecule has 0 atom stereocenters. The first-order chi connectivity index (χ1) is 7.97. The Morgan fingerprint density at radius 1 is 1.18 bits per heavy atom. The second-order valence-electron chi connectivity index (χ2n) is 5.61. The zero-order valence-electron chi connectivity index (χ0n) is 11.1. The molecule has 1 aliphatic heterocycles. The van der Waals surface area contributed by atoms with Crippen molar-refractivity contribution >= 4 is 8.32 Å². The van der Waals surface area contributed by atoms with Crippen LogP contribution in [0.1, 0.15) is 38.8 Å². The van der Waals surface area contributed by atoms with Gasteiger partial charge in [-0.25, -0.2) is 4.39 Å². The molecule has 3 heteroatoms. The molecule has 1 aromatic rings. The average molecular weight is 252 g/mol. The lowest BCUT2D eigenvalue weighted by Gasteiger charge is -2.42. The van der Waals surface area contributed by atoms with Gasteiger partial charge in [0.15, 0.2) is 0 Å². The van der Waals surface area contributed by atoms with Crippen LogP contribution in [0.15, 0.2) is 18.2 Å². The predicted octanol–water partition coefficient (Wildman–Crippen LogP) is 4.20. The Morgan fingerprint density at radius 2 is 1.82 bits per heavy atom. The molecule has 0 aliphatic carbocycles. The standard InChI is InChI=1S/C14H21FOSi/c1-10(2)17(11(3)4)9-12-6-5-7-14(15)13(12)8-16-17/h5-7,10-11H,8-9H2,1-4H3. The summed E-state index contributed by atoms with van der Waals surface area (Å²) < 4.78 is 19.9. The topological polar surface area (TPSA) is 9.23 Å². The molecule has 0 saturated carbocycles. The SMILES string of the molecule is CC(C)[Si]1(C(C)C)Cc2cccc(F)c2CO1. The van der Waals surface area contributed by atoms with Crippen molar-refractivity contribution in [3.63, 3.8) is 0 Å². The third-order valence-corrected chi connectivity index (χ3v) is 9.65. The van der Waals surface area contributed by atoms with Crippen LogP contribution in [0.4, 0.5) is 4.39 Å². The second-order valence-corrected chi connectivity index (χ2v) is 10.5. The molecule has 0 radical (unpaired) electrons. The van der Waals surface area contributed by atoms with Crippen molar-refractivity contribution < 1.29 is 8.82 Å². The van der Waals surface area contributed by atoms with Crippen LogP contribution in [0.5, 0.6) is 0 Å². The molecule has 0 amide bonds. The first-order valence-electron chi connectivity index (χ1n) is 6.37. The molecule has 1 nitrogen and oxygen atoms in total. The van der Waals surface area contributed by atoms with E-state index in [1.807, 2.05) is 6.07 Å². The van der Waals surface area contributed by atoms with E-state index >= 15 is 0 Å². The van der Waals surface area contributed by atoms with Gasteiger partial charge in [-0.3, -0.25) is 0 Å². The second kappa shape index (κ2) is 4.54. The minimum absolute atomic E-state index is 0.113. The summed E-state index contributed by atoms with van der Waals surface area (Å²) in [7, 11) is -1.78. The summed E-state index contributed by atoms with van der Waals surface area (Å²) in [4.78, 5) is 0. The van der Waals surface area contributed by atoms with E-state index in [1.54, 1.807) is 0 Å². The molecule has 1 aromatic carbocycles. The minimum atomic E-state index is -1.78. The Balaban J connectivity index is 2.40. The van der Waals surface area contributed by atoms with Crippen molar-refractivity contribution in [2.75, 3.05) is 0 Å². The van der Waals surface area contributed by atoms with Crippen molar-refractivity contribution in [2.24, 2.45) is 0 Å². The molecule has 0 N–H and O–H groups in total. The van der Waals surface area contributed by atoms with Crippen molar-refractivity contribution in [3.8, 4) is 0 Å². The summed E-state index contributed by atoms with van der Waals surface area (Å²) in [5.41, 5.74) is 3.08. The monoisotopic (exact) mass is 252 g/mol. The third-order valence-electron chi connectivity index (χ3n) is 4.12. The van der Waals surface area contributed by atoms with Gasteiger partial charge in [-0.15, -0.1) is 0 Å². The van der Waals surface area contributed by atoms with Crippen molar-refractivity contribution in [3.05, 3.63) is 35.1 Å². The van der Waals surface area contributed by atoms with Crippen LogP contribution in [0.25, 0.3) is 0 Å². The van der Waals surface area contributed by atoms with Crippen LogP contribution < -0.4 is 0 Å². The molecule has 0 bridgehead atoms. The van der Waals surface area contributed by atoms with E-state index in [2.05, 4.69) is 33.8 Å². The van der Waals surface area contributed by atoms with Gasteiger partial charge in [-0.1, -0.05) is 39.8 Å². The molecule has 17 heavy (non-hydrogen) atoms. The van der Waals surface area contributed by atoms with E-state index in [9.17, 15) is 4.39 Å². The zero-order chi connectivity index (χ0) is 12.6. The zero-order valence-corrected chi connectivity index (χ0v) is 12.1. The molecule has 1 heterocycles. The fourth-order valence-corrected chi connectivity index (χ4v) is 7.15. The molecule has 94 valence electrons. The number of halogens is 1. The number of rotatable bonds is 2. The number of hydrogen-bond donors (Lipinski definition) is 0. The largest absolute Gasteiger partial charge is 0.412 e. The molecule has 0 spiro atoms. The molecule has 0 saturated heterocycles. The summed E-state index contributed by atoms with van der Waals surface area (Å²) in [5, 5.41) is 0. The van der Waals surface area contributed by atoms with E-state index in [-0.39, 0.29) is 5.82 Å². The van der Waals surface area contributed by atoms with Gasteiger partial charge in [0.2, 0.25) is 8.32 Å². The third kappa shape index (κ3) is 2.06. The summed E-state index contributed by atoms with van der Waals surface area (Å²) >= 11 is 0. The van der Waals surface area contributed by atoms with Crippen LogP contribution in [0.2, 0.25) is 11.1 Å². The molecule has 1 aliphatic rings. The van der Waals surface area contributed by atoms with Crippen molar-refractivity contribution in [1.29, 1.82) is 0 Å². The molecular formula is C14H21FOSi. The van der Waals surface area contributed by atoms with Gasteiger partial charge in [0.05, 0.1) is 6.61 Å². The minimum Gasteiger partial charge on any atom is -0.412 e. The normalized spacial score (nSPS) is 18.5. The summed E-state index contributed by atoms with van der Waals surface area (Å²) in [5.74, 6) is -0.113. The summed E-state index contributed by atoms with van der Waals surface area (Å²) in [6.45, 7) is 9.45. The maximum absolute atomic E-state index is 13.7. The van der Waals surface area contributed by atoms with Gasteiger partial charge in [0.25, 0.3) is 0 Å². The van der Waals surface area contributed by atoms with Gasteiger partial charge >= 0.3 is 0 Å². The fourth-order valence-electron chi connectivity index (χ4n) is 2.89. The lowest BCUT2D eigenvalue weighted by Crippen LogP contribution is -2.49. The van der Waals surface area contributed by atoms with E-state index in [4.69, 9.17) is 4.43 Å². The van der Waals surface area contributed by atoms with E-state index in [0.717, 1.165) is 11.6 Å². The van der Waals surface area contributed by atoms with Crippen LogP contribution in [-0.4, -0.2) is 8.32 Å². The highest BCUT2D eigenvalue weighted by atomic mass is 28.4. The Morgan fingerprint density at radius 3 is 2.41 bits per heavy atom. The Hall–Kier alpha value is -0.673. The van der Waals surface area contributed by atoms with Crippen molar-refractivity contribution in [2.45, 2.75) is 51.4 Å². The Labute approximate surface area is 104 Å². The number of hydrogen-bond acceptors (Lipinski definition) is 1. The van der Waals surface area contributed by atoms with Crippen LogP contribution in [0.3, 0.4) is 0 Å². The Kier molecular flexibility index (Phi) is 3.41. The van der Waals surface area contributed by atoms with Crippen molar-refractivity contribution in [1.82, 2.24) is 0 Å². The van der Waals surface area contributed by atoms with Gasteiger partial charge < -0.3 is 4.43 Å². The highest BCUT2D eigenvalue weighted by Gasteiger charge is 2.45. The molecule has 0 aromatic heterocycles. The molecular weight excluding hydrogens is 231 g/mol. The van der Waals surface area contributed by atoms with E-state index in [1.165, 1.54) is 11.6 Å². The number of fused-ring (bicyclic) bond motifs is 1. The maximum atomic E-state index is 13.7. The quantitative estimate of drug-likeness (QED) is 0.717. The van der Waals surface area contributed by atoms with Gasteiger partial charge in [0, 0.05) is 5.56 Å². The first kappa shape index (κ1) is 12.8.